The molecule has 7 nitrogen and oxygen atoms in total. The summed E-state index contributed by atoms with van der Waals surface area (Å²) in [6, 6.07) is -0.873. The lowest BCUT2D eigenvalue weighted by molar-refractivity contribution is -0.147. The number of carbonyl (C=O) groups is 3. The van der Waals surface area contributed by atoms with Crippen molar-refractivity contribution in [2.45, 2.75) is 174 Å². The van der Waals surface area contributed by atoms with Crippen molar-refractivity contribution in [3.05, 3.63) is 36.5 Å². The second kappa shape index (κ2) is 32.0. The Kier molecular flexibility index (Phi) is 30.2. The van der Waals surface area contributed by atoms with Gasteiger partial charge < -0.3 is 20.9 Å². The van der Waals surface area contributed by atoms with Crippen molar-refractivity contribution in [2.24, 2.45) is 5.73 Å². The van der Waals surface area contributed by atoms with Gasteiger partial charge in [0.2, 0.25) is 5.91 Å². The first-order chi connectivity index (χ1) is 21.4. The number of rotatable bonds is 31. The summed E-state index contributed by atoms with van der Waals surface area (Å²) in [6.07, 6.45) is 34.8. The average Bonchev–Trinajstić information content (AvgIpc) is 3.00. The van der Waals surface area contributed by atoms with Gasteiger partial charge >= 0.3 is 11.9 Å². The average molecular weight is 619 g/mol. The van der Waals surface area contributed by atoms with Crippen LogP contribution >= 0.6 is 0 Å². The van der Waals surface area contributed by atoms with Gasteiger partial charge in [-0.3, -0.25) is 9.59 Å². The summed E-state index contributed by atoms with van der Waals surface area (Å²) in [4.78, 5) is 36.1. The zero-order chi connectivity index (χ0) is 32.5. The number of unbranched alkanes of at least 4 members (excludes halogenated alkanes) is 13. The number of hydrogen-bond donors (Lipinski definition) is 3. The maximum atomic E-state index is 12.6. The summed E-state index contributed by atoms with van der Waals surface area (Å²) in [7, 11) is 0. The molecule has 4 N–H and O–H groups in total. The van der Waals surface area contributed by atoms with Crippen molar-refractivity contribution in [1.82, 2.24) is 5.32 Å². The maximum Gasteiger partial charge on any atom is 0.326 e. The molecule has 0 heterocycles. The van der Waals surface area contributed by atoms with Crippen LogP contribution < -0.4 is 11.1 Å². The number of amides is 1. The third-order valence-electron chi connectivity index (χ3n) is 7.64. The van der Waals surface area contributed by atoms with Crippen LogP contribution in [-0.4, -0.2) is 41.6 Å². The fraction of sp³-hybridized carbons (Fsp3) is 0.757. The number of aliphatic carboxylic acids is 1. The molecule has 0 bridgehead atoms. The van der Waals surface area contributed by atoms with E-state index in [1.54, 1.807) is 0 Å². The van der Waals surface area contributed by atoms with E-state index in [0.29, 0.717) is 38.6 Å². The van der Waals surface area contributed by atoms with Gasteiger partial charge in [0.05, 0.1) is 0 Å². The number of nitrogens with two attached hydrogens (primary N) is 1. The molecule has 0 spiro atoms. The Morgan fingerprint density at radius 2 is 1.30 bits per heavy atom. The molecule has 0 aromatic rings. The number of carbonyl (C=O) groups excluding carboxylic acids is 2. The summed E-state index contributed by atoms with van der Waals surface area (Å²) in [5, 5.41) is 11.9. The van der Waals surface area contributed by atoms with Crippen LogP contribution in [0.3, 0.4) is 0 Å². The topological polar surface area (TPSA) is 119 Å². The lowest BCUT2D eigenvalue weighted by atomic mass is 10.1. The molecular weight excluding hydrogens is 552 g/mol. The van der Waals surface area contributed by atoms with E-state index < -0.39 is 12.0 Å². The van der Waals surface area contributed by atoms with Gasteiger partial charge in [0.1, 0.15) is 12.1 Å². The fourth-order valence-corrected chi connectivity index (χ4v) is 4.93. The van der Waals surface area contributed by atoms with Crippen LogP contribution in [0.5, 0.6) is 0 Å². The Morgan fingerprint density at radius 3 is 1.98 bits per heavy atom. The molecule has 7 heteroatoms. The monoisotopic (exact) mass is 618 g/mol. The van der Waals surface area contributed by atoms with E-state index in [1.165, 1.54) is 51.4 Å². The van der Waals surface area contributed by atoms with Gasteiger partial charge in [0, 0.05) is 12.8 Å². The van der Waals surface area contributed by atoms with E-state index in [-0.39, 0.29) is 18.0 Å². The quantitative estimate of drug-likeness (QED) is 0.0405. The molecular formula is C37H66N2O5. The molecule has 0 saturated heterocycles. The van der Waals surface area contributed by atoms with Crippen LogP contribution in [0, 0.1) is 0 Å². The number of carboxylic acid groups (broad SMARTS) is 1. The predicted octanol–water partition coefficient (Wildman–Crippen LogP) is 9.11. The van der Waals surface area contributed by atoms with Crippen LogP contribution in [-0.2, 0) is 19.1 Å². The van der Waals surface area contributed by atoms with Gasteiger partial charge in [0.25, 0.3) is 0 Å². The normalized spacial score (nSPS) is 13.2. The molecule has 2 unspecified atom stereocenters. The number of ether oxygens (including phenoxy) is 1. The molecule has 0 aliphatic heterocycles. The van der Waals surface area contributed by atoms with E-state index in [1.807, 2.05) is 6.08 Å². The largest absolute Gasteiger partial charge is 0.480 e. The van der Waals surface area contributed by atoms with Gasteiger partial charge in [-0.15, -0.1) is 0 Å². The molecule has 0 radical (unpaired) electrons. The van der Waals surface area contributed by atoms with Crippen molar-refractivity contribution in [2.75, 3.05) is 6.54 Å². The van der Waals surface area contributed by atoms with Crippen molar-refractivity contribution in [3.63, 3.8) is 0 Å². The molecule has 0 aliphatic carbocycles. The number of esters is 1. The minimum atomic E-state index is -1.02. The number of nitrogens with one attached hydrogen (secondary N) is 1. The van der Waals surface area contributed by atoms with Crippen LogP contribution in [0.25, 0.3) is 0 Å². The Bertz CT molecular complexity index is 793. The lowest BCUT2D eigenvalue weighted by Crippen LogP contribution is -2.40. The highest BCUT2D eigenvalue weighted by Gasteiger charge is 2.18. The maximum absolute atomic E-state index is 12.6. The van der Waals surface area contributed by atoms with Crippen LogP contribution in [0.2, 0.25) is 0 Å². The number of hydrogen-bond acceptors (Lipinski definition) is 5. The first-order valence-corrected chi connectivity index (χ1v) is 17.8. The van der Waals surface area contributed by atoms with E-state index in [4.69, 9.17) is 10.5 Å². The minimum Gasteiger partial charge on any atom is -0.480 e. The molecule has 0 aromatic carbocycles. The highest BCUT2D eigenvalue weighted by Crippen LogP contribution is 2.14. The van der Waals surface area contributed by atoms with E-state index in [2.05, 4.69) is 49.5 Å². The molecule has 44 heavy (non-hydrogen) atoms. The van der Waals surface area contributed by atoms with Crippen molar-refractivity contribution in [1.29, 1.82) is 0 Å². The Labute approximate surface area is 269 Å². The molecule has 254 valence electrons. The minimum absolute atomic E-state index is 0.118. The van der Waals surface area contributed by atoms with Crippen LogP contribution in [0.4, 0.5) is 0 Å². The lowest BCUT2D eigenvalue weighted by Gasteiger charge is -2.15. The standard InChI is InChI=1S/C37H66N2O5/c1-3-5-7-9-11-13-15-17-19-25-31-36(41)44-33(27-22-18-16-14-12-10-8-6-4-2)28-23-20-21-24-30-35(40)39-34(37(42)43)29-26-32-38/h7,9,14,16,22,27,33-34H,3-6,8,10-13,15,17-21,23-26,28-32,38H2,1-2H3,(H,39,40)(H,42,43)/b9-7-,16-14-,27-22-. The second-order valence-corrected chi connectivity index (χ2v) is 11.9. The zero-order valence-electron chi connectivity index (χ0n) is 28.2. The van der Waals surface area contributed by atoms with Gasteiger partial charge in [-0.2, -0.15) is 0 Å². The molecule has 0 saturated carbocycles. The van der Waals surface area contributed by atoms with Gasteiger partial charge in [0.15, 0.2) is 0 Å². The van der Waals surface area contributed by atoms with E-state index in [9.17, 15) is 19.5 Å². The number of carboxylic acids is 1. The van der Waals surface area contributed by atoms with Crippen molar-refractivity contribution in [3.8, 4) is 0 Å². The Balaban J connectivity index is 4.46. The van der Waals surface area contributed by atoms with Crippen molar-refractivity contribution >= 4 is 17.8 Å². The summed E-state index contributed by atoms with van der Waals surface area (Å²) in [5.74, 6) is -1.37. The highest BCUT2D eigenvalue weighted by molar-refractivity contribution is 5.83. The summed E-state index contributed by atoms with van der Waals surface area (Å²) in [6.45, 7) is 4.82. The van der Waals surface area contributed by atoms with E-state index >= 15 is 0 Å². The van der Waals surface area contributed by atoms with Crippen LogP contribution in [0.15, 0.2) is 36.5 Å². The van der Waals surface area contributed by atoms with Crippen molar-refractivity contribution < 1.29 is 24.2 Å². The molecule has 1 amide bonds. The summed E-state index contributed by atoms with van der Waals surface area (Å²) in [5.41, 5.74) is 5.46. The van der Waals surface area contributed by atoms with E-state index in [0.717, 1.165) is 64.2 Å². The Morgan fingerprint density at radius 1 is 0.682 bits per heavy atom. The molecule has 0 aromatic heterocycles. The summed E-state index contributed by atoms with van der Waals surface area (Å²) < 4.78 is 5.86. The highest BCUT2D eigenvalue weighted by atomic mass is 16.5. The van der Waals surface area contributed by atoms with Crippen LogP contribution in [0.1, 0.15) is 162 Å². The first kappa shape index (κ1) is 41.6. The Hall–Kier alpha value is -2.41. The third-order valence-corrected chi connectivity index (χ3v) is 7.64. The predicted molar refractivity (Wildman–Crippen MR) is 183 cm³/mol. The first-order valence-electron chi connectivity index (χ1n) is 17.8. The van der Waals surface area contributed by atoms with Gasteiger partial charge in [-0.1, -0.05) is 102 Å². The zero-order valence-corrected chi connectivity index (χ0v) is 28.2. The van der Waals surface area contributed by atoms with Gasteiger partial charge in [-0.25, -0.2) is 4.79 Å². The molecule has 0 rings (SSSR count). The fourth-order valence-electron chi connectivity index (χ4n) is 4.93. The SMILES string of the molecule is CCC/C=C\CCCCCCCC(=O)OC(/C=C\C/C=C\CCCCCC)CCCCCCC(=O)NC(CCCN)C(=O)O. The second-order valence-electron chi connectivity index (χ2n) is 11.9. The molecule has 0 aliphatic rings. The smallest absolute Gasteiger partial charge is 0.326 e. The van der Waals surface area contributed by atoms with Gasteiger partial charge in [-0.05, 0) is 89.7 Å². The third kappa shape index (κ3) is 28.4. The molecule has 2 atom stereocenters. The summed E-state index contributed by atoms with van der Waals surface area (Å²) >= 11 is 0. The molecule has 0 fully saturated rings. The number of allylic oxidation sites excluding steroid dienone is 5.